The Morgan fingerprint density at radius 2 is 2.00 bits per heavy atom. The van der Waals surface area contributed by atoms with E-state index >= 15 is 0 Å². The minimum absolute atomic E-state index is 0.391. The summed E-state index contributed by atoms with van der Waals surface area (Å²) < 4.78 is 26.5. The van der Waals surface area contributed by atoms with Gasteiger partial charge in [-0.05, 0) is 29.6 Å². The number of rotatable bonds is 4. The van der Waals surface area contributed by atoms with Crippen LogP contribution in [0.1, 0.15) is 21.3 Å². The van der Waals surface area contributed by atoms with Crippen LogP contribution in [0.3, 0.4) is 0 Å². The summed E-state index contributed by atoms with van der Waals surface area (Å²) in [5.74, 6) is -3.96. The summed E-state index contributed by atoms with van der Waals surface area (Å²) in [6.07, 6.45) is 0. The normalized spacial score (nSPS) is 11.9. The fraction of sp³-hybridized carbons (Fsp3) is 0.0769. The molecule has 7 heteroatoms. The number of hydrogen-bond donors (Lipinski definition) is 2. The second-order valence-electron chi connectivity index (χ2n) is 3.88. The number of benzene rings is 1. The van der Waals surface area contributed by atoms with E-state index in [1.165, 1.54) is 6.07 Å². The molecule has 2 rings (SSSR count). The van der Waals surface area contributed by atoms with Crippen molar-refractivity contribution in [1.29, 1.82) is 0 Å². The van der Waals surface area contributed by atoms with Crippen LogP contribution in [0.25, 0.3) is 0 Å². The summed E-state index contributed by atoms with van der Waals surface area (Å²) in [5.41, 5.74) is -0.534. The van der Waals surface area contributed by atoms with Crippen LogP contribution < -0.4 is 5.32 Å². The van der Waals surface area contributed by atoms with E-state index in [0.29, 0.717) is 4.88 Å². The first-order valence-electron chi connectivity index (χ1n) is 5.51. The molecule has 1 aromatic carbocycles. The van der Waals surface area contributed by atoms with Gasteiger partial charge in [-0.1, -0.05) is 6.07 Å². The summed E-state index contributed by atoms with van der Waals surface area (Å²) in [6.45, 7) is 0. The molecule has 0 saturated carbocycles. The number of carbonyl (C=O) groups excluding carboxylic acids is 1. The topological polar surface area (TPSA) is 66.4 Å². The standard InChI is InChI=1S/C13H9F2NO3S/c14-7-3-4-9(15)8(6-7)12(17)16-11(13(18)19)10-2-1-5-20-10/h1-6,11H,(H,16,17)(H,18,19). The van der Waals surface area contributed by atoms with Crippen molar-refractivity contribution in [2.24, 2.45) is 0 Å². The quantitative estimate of drug-likeness (QED) is 0.911. The number of halogens is 2. The Morgan fingerprint density at radius 1 is 1.25 bits per heavy atom. The van der Waals surface area contributed by atoms with Crippen LogP contribution in [0.2, 0.25) is 0 Å². The largest absolute Gasteiger partial charge is 0.479 e. The van der Waals surface area contributed by atoms with Gasteiger partial charge in [0.05, 0.1) is 5.56 Å². The number of amides is 1. The molecule has 20 heavy (non-hydrogen) atoms. The third-order valence-electron chi connectivity index (χ3n) is 2.52. The Morgan fingerprint density at radius 3 is 2.60 bits per heavy atom. The molecule has 0 spiro atoms. The lowest BCUT2D eigenvalue weighted by atomic mass is 10.1. The third kappa shape index (κ3) is 3.00. The molecule has 2 aromatic rings. The second-order valence-corrected chi connectivity index (χ2v) is 4.86. The molecular weight excluding hydrogens is 288 g/mol. The maximum Gasteiger partial charge on any atom is 0.331 e. The van der Waals surface area contributed by atoms with Crippen molar-refractivity contribution in [3.05, 3.63) is 57.8 Å². The second kappa shape index (κ2) is 5.79. The first-order valence-corrected chi connectivity index (χ1v) is 6.39. The number of thiophene rings is 1. The van der Waals surface area contributed by atoms with Crippen LogP contribution in [-0.4, -0.2) is 17.0 Å². The highest BCUT2D eigenvalue weighted by atomic mass is 32.1. The van der Waals surface area contributed by atoms with E-state index in [9.17, 15) is 18.4 Å². The number of hydrogen-bond acceptors (Lipinski definition) is 3. The van der Waals surface area contributed by atoms with Crippen molar-refractivity contribution < 1.29 is 23.5 Å². The van der Waals surface area contributed by atoms with Gasteiger partial charge < -0.3 is 10.4 Å². The lowest BCUT2D eigenvalue weighted by molar-refractivity contribution is -0.139. The first-order chi connectivity index (χ1) is 9.49. The summed E-state index contributed by atoms with van der Waals surface area (Å²) in [7, 11) is 0. The van der Waals surface area contributed by atoms with Gasteiger partial charge in [0.15, 0.2) is 6.04 Å². The summed E-state index contributed by atoms with van der Waals surface area (Å²) in [4.78, 5) is 23.4. The number of carboxylic acid groups (broad SMARTS) is 1. The number of nitrogens with one attached hydrogen (secondary N) is 1. The van der Waals surface area contributed by atoms with Crippen LogP contribution in [0.4, 0.5) is 8.78 Å². The lowest BCUT2D eigenvalue weighted by Crippen LogP contribution is -2.33. The van der Waals surface area contributed by atoms with E-state index < -0.39 is 35.1 Å². The summed E-state index contributed by atoms with van der Waals surface area (Å²) >= 11 is 1.14. The van der Waals surface area contributed by atoms with Crippen molar-refractivity contribution in [3.8, 4) is 0 Å². The van der Waals surface area contributed by atoms with Gasteiger partial charge in [-0.25, -0.2) is 13.6 Å². The van der Waals surface area contributed by atoms with Crippen LogP contribution >= 0.6 is 11.3 Å². The maximum absolute atomic E-state index is 13.4. The van der Waals surface area contributed by atoms with E-state index in [-0.39, 0.29) is 0 Å². The van der Waals surface area contributed by atoms with Crippen molar-refractivity contribution in [1.82, 2.24) is 5.32 Å². The van der Waals surface area contributed by atoms with E-state index in [1.807, 2.05) is 0 Å². The van der Waals surface area contributed by atoms with Gasteiger partial charge in [-0.2, -0.15) is 0 Å². The highest BCUT2D eigenvalue weighted by molar-refractivity contribution is 7.10. The van der Waals surface area contributed by atoms with E-state index in [4.69, 9.17) is 5.11 Å². The van der Waals surface area contributed by atoms with Gasteiger partial charge in [-0.15, -0.1) is 11.3 Å². The van der Waals surface area contributed by atoms with Gasteiger partial charge in [-0.3, -0.25) is 4.79 Å². The molecule has 1 atom stereocenters. The summed E-state index contributed by atoms with van der Waals surface area (Å²) in [5, 5.41) is 12.9. The first kappa shape index (κ1) is 14.1. The van der Waals surface area contributed by atoms with E-state index in [1.54, 1.807) is 11.4 Å². The maximum atomic E-state index is 13.4. The molecule has 0 saturated heterocycles. The van der Waals surface area contributed by atoms with Crippen LogP contribution in [0.5, 0.6) is 0 Å². The number of carbonyl (C=O) groups is 2. The van der Waals surface area contributed by atoms with Gasteiger partial charge in [0.25, 0.3) is 5.91 Å². The zero-order chi connectivity index (χ0) is 14.7. The molecule has 104 valence electrons. The minimum Gasteiger partial charge on any atom is -0.479 e. The highest BCUT2D eigenvalue weighted by Crippen LogP contribution is 2.20. The van der Waals surface area contributed by atoms with Crippen molar-refractivity contribution >= 4 is 23.2 Å². The Balaban J connectivity index is 2.25. The van der Waals surface area contributed by atoms with Crippen LogP contribution in [0.15, 0.2) is 35.7 Å². The molecule has 4 nitrogen and oxygen atoms in total. The van der Waals surface area contributed by atoms with Crippen LogP contribution in [0, 0.1) is 11.6 Å². The number of aliphatic carboxylic acids is 1. The molecule has 0 aliphatic carbocycles. The minimum atomic E-state index is -1.30. The number of carboxylic acids is 1. The SMILES string of the molecule is O=C(NC(C(=O)O)c1cccs1)c1cc(F)ccc1F. The van der Waals surface area contributed by atoms with Crippen LogP contribution in [-0.2, 0) is 4.79 Å². The smallest absolute Gasteiger partial charge is 0.331 e. The fourth-order valence-electron chi connectivity index (χ4n) is 1.59. The Labute approximate surface area is 116 Å². The Kier molecular flexibility index (Phi) is 4.09. The molecule has 2 N–H and O–H groups in total. The highest BCUT2D eigenvalue weighted by Gasteiger charge is 2.25. The zero-order valence-corrected chi connectivity index (χ0v) is 10.8. The van der Waals surface area contributed by atoms with Gasteiger partial charge in [0.2, 0.25) is 0 Å². The molecule has 0 aliphatic rings. The Hall–Kier alpha value is -2.28. The molecule has 1 aromatic heterocycles. The molecular formula is C13H9F2NO3S. The van der Waals surface area contributed by atoms with E-state index in [2.05, 4.69) is 5.32 Å². The average Bonchev–Trinajstić information content (AvgIpc) is 2.91. The zero-order valence-electron chi connectivity index (χ0n) is 9.97. The van der Waals surface area contributed by atoms with Gasteiger partial charge in [0.1, 0.15) is 11.6 Å². The predicted molar refractivity (Wildman–Crippen MR) is 68.5 cm³/mol. The van der Waals surface area contributed by atoms with Gasteiger partial charge >= 0.3 is 5.97 Å². The van der Waals surface area contributed by atoms with Crippen molar-refractivity contribution in [3.63, 3.8) is 0 Å². The average molecular weight is 297 g/mol. The van der Waals surface area contributed by atoms with Crippen molar-refractivity contribution in [2.45, 2.75) is 6.04 Å². The molecule has 0 bridgehead atoms. The third-order valence-corrected chi connectivity index (χ3v) is 3.46. The Bertz CT molecular complexity index is 643. The monoisotopic (exact) mass is 297 g/mol. The molecule has 1 heterocycles. The summed E-state index contributed by atoms with van der Waals surface area (Å²) in [6, 6.07) is 4.27. The van der Waals surface area contributed by atoms with E-state index in [0.717, 1.165) is 29.5 Å². The molecule has 0 radical (unpaired) electrons. The predicted octanol–water partition coefficient (Wildman–Crippen LogP) is 2.58. The molecule has 1 amide bonds. The molecule has 0 fully saturated rings. The van der Waals surface area contributed by atoms with Crippen molar-refractivity contribution in [2.75, 3.05) is 0 Å². The van der Waals surface area contributed by atoms with Gasteiger partial charge in [0, 0.05) is 4.88 Å². The molecule has 1 unspecified atom stereocenters. The lowest BCUT2D eigenvalue weighted by Gasteiger charge is -2.13. The molecule has 0 aliphatic heterocycles. The fourth-order valence-corrected chi connectivity index (χ4v) is 2.36.